The summed E-state index contributed by atoms with van der Waals surface area (Å²) in [6.45, 7) is 6.29. The highest BCUT2D eigenvalue weighted by molar-refractivity contribution is 6.31. The molecule has 0 aliphatic heterocycles. The van der Waals surface area contributed by atoms with Crippen LogP contribution in [0.1, 0.15) is 20.8 Å². The van der Waals surface area contributed by atoms with Gasteiger partial charge in [-0.15, -0.1) is 0 Å². The molecule has 0 saturated carbocycles. The quantitative estimate of drug-likeness (QED) is 0.578. The van der Waals surface area contributed by atoms with Gasteiger partial charge in [-0.3, -0.25) is 0 Å². The Hall–Kier alpha value is -2.47. The summed E-state index contributed by atoms with van der Waals surface area (Å²) in [6, 6.07) is 3.87. The van der Waals surface area contributed by atoms with E-state index < -0.39 is 0 Å². The van der Waals surface area contributed by atoms with Gasteiger partial charge in [0.15, 0.2) is 5.65 Å². The van der Waals surface area contributed by atoms with Gasteiger partial charge in [-0.05, 0) is 32.9 Å². The first kappa shape index (κ1) is 14.1. The molecule has 0 unspecified atom stereocenters. The Balaban J connectivity index is 2.00. The smallest absolute Gasteiger partial charge is 0.162 e. The number of fused-ring (bicyclic) bond motifs is 2. The fourth-order valence-corrected chi connectivity index (χ4v) is 2.81. The molecule has 7 heteroatoms. The standard InChI is InChI=1S/C16H15ClN6/c1-16(2,3)23-15-11(7-18-8-20-15)13(22-23)12-5-9-4-10(17)6-19-14(9)21-12/h4-8H,1-3H3,(H,19,21). The summed E-state index contributed by atoms with van der Waals surface area (Å²) in [5.74, 6) is 0. The van der Waals surface area contributed by atoms with E-state index in [0.29, 0.717) is 5.02 Å². The first-order valence-corrected chi connectivity index (χ1v) is 7.65. The Bertz CT molecular complexity index is 1020. The van der Waals surface area contributed by atoms with Crippen LogP contribution in [-0.2, 0) is 5.54 Å². The topological polar surface area (TPSA) is 72.3 Å². The number of pyridine rings is 1. The second-order valence-electron chi connectivity index (χ2n) is 6.47. The highest BCUT2D eigenvalue weighted by Crippen LogP contribution is 2.31. The maximum atomic E-state index is 6.02. The highest BCUT2D eigenvalue weighted by atomic mass is 35.5. The van der Waals surface area contributed by atoms with Crippen LogP contribution in [0.3, 0.4) is 0 Å². The number of aromatic amines is 1. The summed E-state index contributed by atoms with van der Waals surface area (Å²) >= 11 is 6.02. The van der Waals surface area contributed by atoms with E-state index in [2.05, 4.69) is 40.7 Å². The minimum Gasteiger partial charge on any atom is -0.338 e. The number of aromatic nitrogens is 6. The molecule has 0 radical (unpaired) electrons. The van der Waals surface area contributed by atoms with E-state index >= 15 is 0 Å². The van der Waals surface area contributed by atoms with Gasteiger partial charge >= 0.3 is 0 Å². The number of nitrogens with zero attached hydrogens (tertiary/aromatic N) is 5. The average Bonchev–Trinajstić information content (AvgIpc) is 3.06. The lowest BCUT2D eigenvalue weighted by molar-refractivity contribution is 0.366. The van der Waals surface area contributed by atoms with E-state index in [-0.39, 0.29) is 5.54 Å². The molecule has 4 aromatic heterocycles. The molecule has 4 rings (SSSR count). The van der Waals surface area contributed by atoms with Crippen LogP contribution >= 0.6 is 11.6 Å². The van der Waals surface area contributed by atoms with Gasteiger partial charge < -0.3 is 4.98 Å². The van der Waals surface area contributed by atoms with Crippen LogP contribution in [0.2, 0.25) is 5.02 Å². The molecule has 0 bridgehead atoms. The predicted molar refractivity (Wildman–Crippen MR) is 90.4 cm³/mol. The van der Waals surface area contributed by atoms with Gasteiger partial charge in [-0.2, -0.15) is 5.10 Å². The SMILES string of the molecule is CC(C)(C)n1nc(-c2cc3cc(Cl)cnc3[nH]2)c2cncnc21. The van der Waals surface area contributed by atoms with E-state index in [1.54, 1.807) is 18.7 Å². The van der Waals surface area contributed by atoms with Crippen molar-refractivity contribution in [1.29, 1.82) is 0 Å². The molecular weight excluding hydrogens is 312 g/mol. The monoisotopic (exact) mass is 326 g/mol. The zero-order valence-corrected chi connectivity index (χ0v) is 13.8. The Morgan fingerprint density at radius 3 is 2.74 bits per heavy atom. The average molecular weight is 327 g/mol. The number of rotatable bonds is 1. The van der Waals surface area contributed by atoms with Crippen LogP contribution in [0.25, 0.3) is 33.5 Å². The maximum absolute atomic E-state index is 6.02. The van der Waals surface area contributed by atoms with Gasteiger partial charge in [0.05, 0.1) is 21.6 Å². The third-order valence-corrected chi connectivity index (χ3v) is 3.88. The molecule has 0 saturated heterocycles. The second kappa shape index (κ2) is 4.76. The molecule has 4 heterocycles. The normalized spacial score (nSPS) is 12.3. The van der Waals surface area contributed by atoms with Crippen LogP contribution in [0.15, 0.2) is 30.9 Å². The van der Waals surface area contributed by atoms with E-state index in [4.69, 9.17) is 16.7 Å². The predicted octanol–water partition coefficient (Wildman–Crippen LogP) is 3.78. The minimum absolute atomic E-state index is 0.182. The van der Waals surface area contributed by atoms with E-state index in [0.717, 1.165) is 33.5 Å². The van der Waals surface area contributed by atoms with Gasteiger partial charge in [-0.25, -0.2) is 19.6 Å². The van der Waals surface area contributed by atoms with Crippen molar-refractivity contribution in [1.82, 2.24) is 29.7 Å². The summed E-state index contributed by atoms with van der Waals surface area (Å²) in [5, 5.41) is 7.23. The lowest BCUT2D eigenvalue weighted by Gasteiger charge is -2.19. The van der Waals surface area contributed by atoms with Crippen LogP contribution in [0, 0.1) is 0 Å². The van der Waals surface area contributed by atoms with Gasteiger partial charge in [0, 0.05) is 17.8 Å². The number of halogens is 1. The molecule has 0 spiro atoms. The molecule has 23 heavy (non-hydrogen) atoms. The fourth-order valence-electron chi connectivity index (χ4n) is 2.64. The zero-order chi connectivity index (χ0) is 16.2. The van der Waals surface area contributed by atoms with Crippen molar-refractivity contribution >= 4 is 33.7 Å². The molecule has 6 nitrogen and oxygen atoms in total. The van der Waals surface area contributed by atoms with Crippen molar-refractivity contribution in [3.8, 4) is 11.4 Å². The van der Waals surface area contributed by atoms with Gasteiger partial charge in [0.2, 0.25) is 0 Å². The van der Waals surface area contributed by atoms with Crippen molar-refractivity contribution in [2.24, 2.45) is 0 Å². The Labute approximate surface area is 137 Å². The summed E-state index contributed by atoms with van der Waals surface area (Å²) < 4.78 is 1.92. The molecule has 0 atom stereocenters. The molecule has 0 aromatic carbocycles. The summed E-state index contributed by atoms with van der Waals surface area (Å²) in [4.78, 5) is 16.2. The molecule has 0 amide bonds. The molecule has 0 aliphatic carbocycles. The molecule has 0 aliphatic rings. The summed E-state index contributed by atoms with van der Waals surface area (Å²) in [6.07, 6.45) is 4.96. The largest absolute Gasteiger partial charge is 0.338 e. The second-order valence-corrected chi connectivity index (χ2v) is 6.90. The van der Waals surface area contributed by atoms with Crippen LogP contribution in [-0.4, -0.2) is 29.7 Å². The molecule has 1 N–H and O–H groups in total. The van der Waals surface area contributed by atoms with Gasteiger partial charge in [0.1, 0.15) is 17.7 Å². The summed E-state index contributed by atoms with van der Waals surface area (Å²) in [7, 11) is 0. The molecule has 116 valence electrons. The third kappa shape index (κ3) is 2.26. The summed E-state index contributed by atoms with van der Waals surface area (Å²) in [5.41, 5.74) is 3.09. The van der Waals surface area contributed by atoms with Crippen molar-refractivity contribution < 1.29 is 0 Å². The van der Waals surface area contributed by atoms with Crippen molar-refractivity contribution in [3.63, 3.8) is 0 Å². The van der Waals surface area contributed by atoms with E-state index in [1.807, 2.05) is 16.8 Å². The molecule has 4 aromatic rings. The maximum Gasteiger partial charge on any atom is 0.162 e. The molecular formula is C16H15ClN6. The Kier molecular flexibility index (Phi) is 2.93. The first-order chi connectivity index (χ1) is 10.9. The molecule has 0 fully saturated rings. The number of hydrogen-bond acceptors (Lipinski definition) is 4. The third-order valence-electron chi connectivity index (χ3n) is 3.67. The fraction of sp³-hybridized carbons (Fsp3) is 0.250. The minimum atomic E-state index is -0.182. The van der Waals surface area contributed by atoms with E-state index in [9.17, 15) is 0 Å². The zero-order valence-electron chi connectivity index (χ0n) is 13.0. The van der Waals surface area contributed by atoms with Crippen LogP contribution < -0.4 is 0 Å². The Morgan fingerprint density at radius 1 is 1.13 bits per heavy atom. The van der Waals surface area contributed by atoms with Crippen molar-refractivity contribution in [3.05, 3.63) is 35.9 Å². The van der Waals surface area contributed by atoms with E-state index in [1.165, 1.54) is 0 Å². The lowest BCUT2D eigenvalue weighted by atomic mass is 10.1. The first-order valence-electron chi connectivity index (χ1n) is 7.27. The van der Waals surface area contributed by atoms with Crippen LogP contribution in [0.4, 0.5) is 0 Å². The van der Waals surface area contributed by atoms with Gasteiger partial charge in [-0.1, -0.05) is 11.6 Å². The Morgan fingerprint density at radius 2 is 1.96 bits per heavy atom. The van der Waals surface area contributed by atoms with Gasteiger partial charge in [0.25, 0.3) is 0 Å². The number of hydrogen-bond donors (Lipinski definition) is 1. The van der Waals surface area contributed by atoms with Crippen molar-refractivity contribution in [2.75, 3.05) is 0 Å². The lowest BCUT2D eigenvalue weighted by Crippen LogP contribution is -2.23. The number of nitrogens with one attached hydrogen (secondary N) is 1. The highest BCUT2D eigenvalue weighted by Gasteiger charge is 2.22. The number of H-pyrrole nitrogens is 1. The van der Waals surface area contributed by atoms with Crippen LogP contribution in [0.5, 0.6) is 0 Å². The van der Waals surface area contributed by atoms with Crippen molar-refractivity contribution in [2.45, 2.75) is 26.3 Å².